The summed E-state index contributed by atoms with van der Waals surface area (Å²) < 4.78 is 17.3. The molecule has 4 unspecified atom stereocenters. The van der Waals surface area contributed by atoms with Gasteiger partial charge in [0, 0.05) is 0 Å². The Bertz CT molecular complexity index is 150. The highest BCUT2D eigenvalue weighted by Gasteiger charge is 2.43. The fraction of sp³-hybridized carbons (Fsp3) is 1.00. The Balaban J connectivity index is 2.63. The van der Waals surface area contributed by atoms with Crippen molar-refractivity contribution in [3.8, 4) is 0 Å². The maximum atomic E-state index is 12.8. The first-order valence-electron chi connectivity index (χ1n) is 3.52. The lowest BCUT2D eigenvalue weighted by molar-refractivity contribution is -0.274. The minimum Gasteiger partial charge on any atom is -0.394 e. The fourth-order valence-electron chi connectivity index (χ4n) is 1.06. The van der Waals surface area contributed by atoms with Gasteiger partial charge in [0.15, 0.2) is 12.5 Å². The first kappa shape index (κ1) is 9.82. The molecule has 5 nitrogen and oxygen atoms in total. The van der Waals surface area contributed by atoms with Crippen LogP contribution in [0.15, 0.2) is 0 Å². The molecule has 0 saturated carbocycles. The van der Waals surface area contributed by atoms with E-state index in [1.807, 2.05) is 0 Å². The van der Waals surface area contributed by atoms with E-state index in [2.05, 4.69) is 4.74 Å². The van der Waals surface area contributed by atoms with E-state index in [-0.39, 0.29) is 0 Å². The molecule has 0 aromatic heterocycles. The molecule has 0 bridgehead atoms. The summed E-state index contributed by atoms with van der Waals surface area (Å²) in [5, 5.41) is 35.2. The molecule has 1 heterocycles. The molecule has 0 radical (unpaired) electrons. The molecule has 0 aromatic carbocycles. The number of halogens is 1. The molecule has 1 fully saturated rings. The van der Waals surface area contributed by atoms with Gasteiger partial charge in [-0.25, -0.2) is 4.39 Å². The van der Waals surface area contributed by atoms with Gasteiger partial charge in [0.1, 0.15) is 18.3 Å². The zero-order valence-corrected chi connectivity index (χ0v) is 6.17. The Morgan fingerprint density at radius 3 is 2.25 bits per heavy atom. The van der Waals surface area contributed by atoms with Gasteiger partial charge in [0.25, 0.3) is 0 Å². The topological polar surface area (TPSA) is 90.2 Å². The van der Waals surface area contributed by atoms with Crippen molar-refractivity contribution in [3.63, 3.8) is 0 Å². The molecule has 72 valence electrons. The van der Waals surface area contributed by atoms with Crippen molar-refractivity contribution in [3.05, 3.63) is 0 Å². The third kappa shape index (κ3) is 1.57. The Morgan fingerprint density at radius 1 is 1.17 bits per heavy atom. The molecule has 0 amide bonds. The molecule has 12 heavy (non-hydrogen) atoms. The predicted molar refractivity (Wildman–Crippen MR) is 34.9 cm³/mol. The third-order valence-corrected chi connectivity index (χ3v) is 1.82. The third-order valence-electron chi connectivity index (χ3n) is 1.82. The van der Waals surface area contributed by atoms with Gasteiger partial charge in [-0.15, -0.1) is 0 Å². The second-order valence-corrected chi connectivity index (χ2v) is 2.67. The lowest BCUT2D eigenvalue weighted by Crippen LogP contribution is -2.56. The fourth-order valence-corrected chi connectivity index (χ4v) is 1.06. The molecule has 1 saturated heterocycles. The highest BCUT2D eigenvalue weighted by molar-refractivity contribution is 4.88. The van der Waals surface area contributed by atoms with Crippen LogP contribution in [0, 0.1) is 0 Å². The van der Waals surface area contributed by atoms with Crippen molar-refractivity contribution in [2.45, 2.75) is 30.8 Å². The Labute approximate surface area is 68.0 Å². The van der Waals surface area contributed by atoms with Gasteiger partial charge in [0.2, 0.25) is 0 Å². The zero-order chi connectivity index (χ0) is 9.30. The Kier molecular flexibility index (Phi) is 2.97. The summed E-state index contributed by atoms with van der Waals surface area (Å²) in [4.78, 5) is 0. The minimum atomic E-state index is -1.99. The molecule has 0 spiro atoms. The van der Waals surface area contributed by atoms with Crippen molar-refractivity contribution in [1.29, 1.82) is 0 Å². The van der Waals surface area contributed by atoms with E-state index in [1.54, 1.807) is 0 Å². The normalized spacial score (nSPS) is 49.2. The number of ether oxygens (including phenoxy) is 1. The first-order chi connectivity index (χ1) is 5.57. The maximum Gasteiger partial charge on any atom is 0.184 e. The van der Waals surface area contributed by atoms with Crippen LogP contribution in [-0.2, 0) is 4.74 Å². The quantitative estimate of drug-likeness (QED) is 0.368. The number of alkyl halides is 1. The lowest BCUT2D eigenvalue weighted by Gasteiger charge is -2.36. The summed E-state index contributed by atoms with van der Waals surface area (Å²) in [5.41, 5.74) is 0. The van der Waals surface area contributed by atoms with E-state index < -0.39 is 37.4 Å². The zero-order valence-electron chi connectivity index (χ0n) is 6.17. The molecule has 6 heteroatoms. The molecular weight excluding hydrogens is 171 g/mol. The molecule has 5 atom stereocenters. The van der Waals surface area contributed by atoms with E-state index in [4.69, 9.17) is 20.4 Å². The van der Waals surface area contributed by atoms with Crippen LogP contribution in [0.2, 0.25) is 0 Å². The van der Waals surface area contributed by atoms with E-state index in [0.29, 0.717) is 0 Å². The SMILES string of the molecule is OCC1OC(O)C(O)C(F)[C@@H]1O. The van der Waals surface area contributed by atoms with E-state index in [1.165, 1.54) is 0 Å². The van der Waals surface area contributed by atoms with Crippen LogP contribution >= 0.6 is 0 Å². The van der Waals surface area contributed by atoms with Gasteiger partial charge in [-0.1, -0.05) is 0 Å². The van der Waals surface area contributed by atoms with Gasteiger partial charge < -0.3 is 25.2 Å². The molecule has 0 aliphatic carbocycles. The highest BCUT2D eigenvalue weighted by Crippen LogP contribution is 2.21. The second-order valence-electron chi connectivity index (χ2n) is 2.67. The Hall–Kier alpha value is -0.270. The predicted octanol–water partition coefficient (Wildman–Crippen LogP) is -2.24. The summed E-state index contributed by atoms with van der Waals surface area (Å²) in [7, 11) is 0. The van der Waals surface area contributed by atoms with Crippen molar-refractivity contribution in [2.24, 2.45) is 0 Å². The van der Waals surface area contributed by atoms with Gasteiger partial charge in [-0.2, -0.15) is 0 Å². The molecular formula is C6H11FO5. The van der Waals surface area contributed by atoms with Crippen molar-refractivity contribution in [1.82, 2.24) is 0 Å². The first-order valence-corrected chi connectivity index (χ1v) is 3.52. The molecule has 0 aromatic rings. The van der Waals surface area contributed by atoms with Gasteiger partial charge in [-0.3, -0.25) is 0 Å². The van der Waals surface area contributed by atoms with E-state index in [9.17, 15) is 4.39 Å². The Morgan fingerprint density at radius 2 is 1.75 bits per heavy atom. The standard InChI is InChI=1S/C6H11FO5/c7-3-4(9)2(1-8)12-6(11)5(3)10/h2-6,8-11H,1H2/t2?,3?,4-,5?,6?/m1/s1. The number of aliphatic hydroxyl groups excluding tert-OH is 4. The number of hydrogen-bond acceptors (Lipinski definition) is 5. The van der Waals surface area contributed by atoms with Gasteiger partial charge in [-0.05, 0) is 0 Å². The summed E-state index contributed by atoms with van der Waals surface area (Å²) in [6.45, 7) is -0.606. The maximum absolute atomic E-state index is 12.8. The second kappa shape index (κ2) is 3.63. The molecule has 4 N–H and O–H groups in total. The summed E-state index contributed by atoms with van der Waals surface area (Å²) >= 11 is 0. The van der Waals surface area contributed by atoms with Crippen LogP contribution in [0.5, 0.6) is 0 Å². The van der Waals surface area contributed by atoms with Crippen LogP contribution in [-0.4, -0.2) is 57.8 Å². The summed E-state index contributed by atoms with van der Waals surface area (Å²) in [6.07, 6.45) is -8.24. The van der Waals surface area contributed by atoms with Crippen molar-refractivity contribution >= 4 is 0 Å². The number of aliphatic hydroxyl groups is 4. The minimum absolute atomic E-state index is 0.606. The molecule has 1 aliphatic rings. The van der Waals surface area contributed by atoms with Gasteiger partial charge in [0.05, 0.1) is 6.61 Å². The highest BCUT2D eigenvalue weighted by atomic mass is 19.1. The average molecular weight is 182 g/mol. The van der Waals surface area contributed by atoms with Crippen LogP contribution in [0.1, 0.15) is 0 Å². The van der Waals surface area contributed by atoms with Crippen LogP contribution in [0.25, 0.3) is 0 Å². The molecule has 1 aliphatic heterocycles. The largest absolute Gasteiger partial charge is 0.394 e. The smallest absolute Gasteiger partial charge is 0.184 e. The van der Waals surface area contributed by atoms with Crippen LogP contribution < -0.4 is 0 Å². The monoisotopic (exact) mass is 182 g/mol. The van der Waals surface area contributed by atoms with Crippen molar-refractivity contribution < 1.29 is 29.6 Å². The summed E-state index contributed by atoms with van der Waals surface area (Å²) in [5.74, 6) is 0. The molecule has 1 rings (SSSR count). The van der Waals surface area contributed by atoms with Gasteiger partial charge >= 0.3 is 0 Å². The number of rotatable bonds is 1. The number of hydrogen-bond donors (Lipinski definition) is 4. The van der Waals surface area contributed by atoms with E-state index >= 15 is 0 Å². The van der Waals surface area contributed by atoms with Crippen LogP contribution in [0.3, 0.4) is 0 Å². The van der Waals surface area contributed by atoms with E-state index in [0.717, 1.165) is 0 Å². The summed E-state index contributed by atoms with van der Waals surface area (Å²) in [6, 6.07) is 0. The average Bonchev–Trinajstić information content (AvgIpc) is 2.08. The van der Waals surface area contributed by atoms with Crippen LogP contribution in [0.4, 0.5) is 4.39 Å². The lowest BCUT2D eigenvalue weighted by atomic mass is 10.0. The van der Waals surface area contributed by atoms with Crippen molar-refractivity contribution in [2.75, 3.05) is 6.61 Å².